The molecular weight excluding hydrogens is 789 g/mol. The largest absolute Gasteiger partial charge is 0.456 e. The van der Waals surface area contributed by atoms with Crippen LogP contribution in [-0.2, 0) is 0 Å². The van der Waals surface area contributed by atoms with Gasteiger partial charge in [-0.15, -0.1) is 11.3 Å². The van der Waals surface area contributed by atoms with Gasteiger partial charge in [0, 0.05) is 63.8 Å². The second-order valence-corrected chi connectivity index (χ2v) is 16.7. The molecule has 6 heteroatoms. The summed E-state index contributed by atoms with van der Waals surface area (Å²) in [4.78, 5) is 15.9. The molecule has 0 unspecified atom stereocenters. The average Bonchev–Trinajstić information content (AvgIpc) is 4.04. The molecule has 0 bridgehead atoms. The Morgan fingerprint density at radius 1 is 0.381 bits per heavy atom. The van der Waals surface area contributed by atoms with Crippen LogP contribution in [0.25, 0.3) is 126 Å². The Bertz CT molecular complexity index is 3900. The minimum Gasteiger partial charge on any atom is -0.456 e. The zero-order valence-corrected chi connectivity index (χ0v) is 35.4. The third-order valence-electron chi connectivity index (χ3n) is 12.1. The molecule has 298 valence electrons. The van der Waals surface area contributed by atoms with E-state index in [-0.39, 0.29) is 0 Å². The van der Waals surface area contributed by atoms with Gasteiger partial charge in [0.1, 0.15) is 11.2 Å². The molecular formula is C57H38N4OS. The molecule has 4 heterocycles. The lowest BCUT2D eigenvalue weighted by Gasteiger charge is -2.14. The van der Waals surface area contributed by atoms with Gasteiger partial charge in [0.2, 0.25) is 5.95 Å². The van der Waals surface area contributed by atoms with E-state index < -0.39 is 0 Å². The second kappa shape index (κ2) is 14.9. The number of nitrogens with zero attached hydrogens (tertiary/aromatic N) is 4. The van der Waals surface area contributed by atoms with E-state index >= 15 is 0 Å². The number of aromatic nitrogens is 4. The molecule has 63 heavy (non-hydrogen) atoms. The summed E-state index contributed by atoms with van der Waals surface area (Å²) in [5.74, 6) is 1.71. The molecule has 0 fully saturated rings. The van der Waals surface area contributed by atoms with Crippen molar-refractivity contribution in [1.82, 2.24) is 19.5 Å². The van der Waals surface area contributed by atoms with Gasteiger partial charge in [0.05, 0.1) is 11.0 Å². The molecule has 13 rings (SSSR count). The van der Waals surface area contributed by atoms with E-state index in [1.165, 1.54) is 25.7 Å². The molecule has 0 N–H and O–H groups in total. The highest BCUT2D eigenvalue weighted by Crippen LogP contribution is 2.43. The van der Waals surface area contributed by atoms with Crippen molar-refractivity contribution in [3.05, 3.63) is 194 Å². The predicted octanol–water partition coefficient (Wildman–Crippen LogP) is 16.1. The van der Waals surface area contributed by atoms with Gasteiger partial charge < -0.3 is 4.42 Å². The van der Waals surface area contributed by atoms with Gasteiger partial charge in [0.25, 0.3) is 0 Å². The van der Waals surface area contributed by atoms with Gasteiger partial charge in [-0.1, -0.05) is 172 Å². The van der Waals surface area contributed by atoms with Gasteiger partial charge in [0.15, 0.2) is 11.6 Å². The standard InChI is InChI=1S/C55H32N4OS.C2H6/c1-2-13-34(14-3-1)53-56-54(38-26-27-42-41-18-6-8-22-47(41)60-48(42)31-38)58-55(57-53)59-51-39-17-5-4-12-33(39)24-29-46(51)45-21-11-20-40(52(45)59)37-16-10-15-35(30-37)36-25-28-44-43-19-7-9-23-49(43)61-50(44)32-36;1-2/h1-32H;1-2H3. The zero-order chi connectivity index (χ0) is 42.0. The molecule has 0 aliphatic carbocycles. The summed E-state index contributed by atoms with van der Waals surface area (Å²) in [7, 11) is 0. The first-order valence-electron chi connectivity index (χ1n) is 21.4. The summed E-state index contributed by atoms with van der Waals surface area (Å²) in [6.07, 6.45) is 0. The van der Waals surface area contributed by atoms with E-state index in [4.69, 9.17) is 19.4 Å². The first kappa shape index (κ1) is 36.9. The number of furan rings is 1. The van der Waals surface area contributed by atoms with Crippen molar-refractivity contribution in [2.45, 2.75) is 13.8 Å². The minimum atomic E-state index is 0.545. The van der Waals surface area contributed by atoms with E-state index in [1.807, 2.05) is 61.6 Å². The van der Waals surface area contributed by atoms with Gasteiger partial charge in [-0.2, -0.15) is 9.97 Å². The van der Waals surface area contributed by atoms with Crippen molar-refractivity contribution in [3.8, 4) is 51.0 Å². The van der Waals surface area contributed by atoms with Crippen LogP contribution in [0.2, 0.25) is 0 Å². The van der Waals surface area contributed by atoms with Crippen molar-refractivity contribution >= 4 is 86.0 Å². The van der Waals surface area contributed by atoms with Crippen molar-refractivity contribution in [2.24, 2.45) is 0 Å². The summed E-state index contributed by atoms with van der Waals surface area (Å²) in [6, 6.07) is 68.7. The number of thiophene rings is 1. The Morgan fingerprint density at radius 3 is 1.87 bits per heavy atom. The molecule has 0 atom stereocenters. The fourth-order valence-corrected chi connectivity index (χ4v) is 10.4. The average molecular weight is 827 g/mol. The summed E-state index contributed by atoms with van der Waals surface area (Å²) in [6.45, 7) is 4.00. The molecule has 0 saturated heterocycles. The monoisotopic (exact) mass is 826 g/mol. The van der Waals surface area contributed by atoms with Crippen LogP contribution < -0.4 is 0 Å². The van der Waals surface area contributed by atoms with E-state index in [2.05, 4.69) is 162 Å². The fourth-order valence-electron chi connectivity index (χ4n) is 9.21. The van der Waals surface area contributed by atoms with Crippen molar-refractivity contribution in [3.63, 3.8) is 0 Å². The van der Waals surface area contributed by atoms with Crippen LogP contribution in [-0.4, -0.2) is 19.5 Å². The zero-order valence-electron chi connectivity index (χ0n) is 34.6. The van der Waals surface area contributed by atoms with Crippen LogP contribution in [0.4, 0.5) is 0 Å². The molecule has 0 saturated carbocycles. The Hall–Kier alpha value is -7.93. The number of benzene rings is 9. The van der Waals surface area contributed by atoms with Gasteiger partial charge in [-0.05, 0) is 58.5 Å². The van der Waals surface area contributed by atoms with Crippen LogP contribution in [0.5, 0.6) is 0 Å². The highest BCUT2D eigenvalue weighted by atomic mass is 32.1. The predicted molar refractivity (Wildman–Crippen MR) is 265 cm³/mol. The highest BCUT2D eigenvalue weighted by molar-refractivity contribution is 7.25. The summed E-state index contributed by atoms with van der Waals surface area (Å²) >= 11 is 1.85. The van der Waals surface area contributed by atoms with E-state index in [0.717, 1.165) is 82.3 Å². The Balaban J connectivity index is 0.00000208. The number of para-hydroxylation sites is 2. The van der Waals surface area contributed by atoms with Gasteiger partial charge >= 0.3 is 0 Å². The number of fused-ring (bicyclic) bond motifs is 11. The summed E-state index contributed by atoms with van der Waals surface area (Å²) < 4.78 is 11.2. The Kier molecular flexibility index (Phi) is 8.73. The van der Waals surface area contributed by atoms with Crippen LogP contribution in [0, 0.1) is 0 Å². The van der Waals surface area contributed by atoms with Crippen LogP contribution in [0.1, 0.15) is 13.8 Å². The number of rotatable bonds is 5. The maximum absolute atomic E-state index is 6.36. The molecule has 5 nitrogen and oxygen atoms in total. The summed E-state index contributed by atoms with van der Waals surface area (Å²) in [5, 5.41) is 9.27. The smallest absolute Gasteiger partial charge is 0.238 e. The van der Waals surface area contributed by atoms with Gasteiger partial charge in [-0.3, -0.25) is 4.57 Å². The topological polar surface area (TPSA) is 56.7 Å². The maximum Gasteiger partial charge on any atom is 0.238 e. The van der Waals surface area contributed by atoms with E-state index in [9.17, 15) is 0 Å². The fraction of sp³-hybridized carbons (Fsp3) is 0.0351. The van der Waals surface area contributed by atoms with Crippen LogP contribution >= 0.6 is 11.3 Å². The van der Waals surface area contributed by atoms with Crippen molar-refractivity contribution < 1.29 is 4.42 Å². The molecule has 0 aliphatic rings. The Morgan fingerprint density at radius 2 is 0.984 bits per heavy atom. The lowest BCUT2D eigenvalue weighted by Crippen LogP contribution is -2.07. The van der Waals surface area contributed by atoms with E-state index in [0.29, 0.717) is 17.6 Å². The molecule has 0 spiro atoms. The molecule has 13 aromatic rings. The molecule has 4 aromatic heterocycles. The second-order valence-electron chi connectivity index (χ2n) is 15.6. The molecule has 9 aromatic carbocycles. The van der Waals surface area contributed by atoms with Crippen molar-refractivity contribution in [1.29, 1.82) is 0 Å². The third-order valence-corrected chi connectivity index (χ3v) is 13.2. The SMILES string of the molecule is CC.c1ccc(-c2nc(-c3ccc4c(c3)oc3ccccc34)nc(-n3c4c(-c5cccc(-c6ccc7c(c6)sc6ccccc67)c5)cccc4c4ccc5ccccc5c43)n2)cc1. The van der Waals surface area contributed by atoms with Crippen LogP contribution in [0.3, 0.4) is 0 Å². The number of hydrogen-bond donors (Lipinski definition) is 0. The molecule has 0 aliphatic heterocycles. The van der Waals surface area contributed by atoms with Crippen LogP contribution in [0.15, 0.2) is 199 Å². The quantitative estimate of drug-likeness (QED) is 0.173. The third kappa shape index (κ3) is 6.02. The van der Waals surface area contributed by atoms with E-state index in [1.54, 1.807) is 0 Å². The maximum atomic E-state index is 6.36. The minimum absolute atomic E-state index is 0.545. The normalized spacial score (nSPS) is 11.7. The number of hydrogen-bond acceptors (Lipinski definition) is 5. The Labute approximate surface area is 367 Å². The first-order chi connectivity index (χ1) is 31.2. The lowest BCUT2D eigenvalue weighted by atomic mass is 9.97. The molecule has 0 amide bonds. The summed E-state index contributed by atoms with van der Waals surface area (Å²) in [5.41, 5.74) is 10.0. The van der Waals surface area contributed by atoms with Gasteiger partial charge in [-0.25, -0.2) is 4.98 Å². The molecule has 0 radical (unpaired) electrons. The lowest BCUT2D eigenvalue weighted by molar-refractivity contribution is 0.669. The first-order valence-corrected chi connectivity index (χ1v) is 22.2. The van der Waals surface area contributed by atoms with Crippen molar-refractivity contribution in [2.75, 3.05) is 0 Å². The highest BCUT2D eigenvalue weighted by Gasteiger charge is 2.23.